The highest BCUT2D eigenvalue weighted by atomic mass is 32.2. The third-order valence-electron chi connectivity index (χ3n) is 3.47. The van der Waals surface area contributed by atoms with E-state index >= 15 is 0 Å². The Kier molecular flexibility index (Phi) is 3.82. The first-order valence-corrected chi connectivity index (χ1v) is 7.94. The van der Waals surface area contributed by atoms with Gasteiger partial charge in [-0.25, -0.2) is 12.8 Å². The predicted molar refractivity (Wildman–Crippen MR) is 71.5 cm³/mol. The van der Waals surface area contributed by atoms with Gasteiger partial charge in [-0.15, -0.1) is 0 Å². The molecular weight excluding hydrogens is 269 g/mol. The van der Waals surface area contributed by atoms with Crippen LogP contribution in [-0.2, 0) is 16.4 Å². The summed E-state index contributed by atoms with van der Waals surface area (Å²) in [5.74, 6) is 0.423. The van der Waals surface area contributed by atoms with Gasteiger partial charge in [0.15, 0.2) is 9.84 Å². The van der Waals surface area contributed by atoms with Gasteiger partial charge in [-0.2, -0.15) is 0 Å². The monoisotopic (exact) mass is 287 g/mol. The molecule has 1 heterocycles. The molecule has 0 radical (unpaired) electrons. The van der Waals surface area contributed by atoms with Crippen LogP contribution < -0.4 is 10.1 Å². The fourth-order valence-electron chi connectivity index (χ4n) is 2.26. The molecule has 4 nitrogen and oxygen atoms in total. The Morgan fingerprint density at radius 1 is 1.47 bits per heavy atom. The number of halogens is 1. The summed E-state index contributed by atoms with van der Waals surface area (Å²) < 4.78 is 41.6. The molecule has 106 valence electrons. The van der Waals surface area contributed by atoms with Gasteiger partial charge < -0.3 is 10.1 Å². The lowest BCUT2D eigenvalue weighted by molar-refractivity contribution is 0.389. The third-order valence-corrected chi connectivity index (χ3v) is 5.37. The van der Waals surface area contributed by atoms with Crippen molar-refractivity contribution in [3.63, 3.8) is 0 Å². The van der Waals surface area contributed by atoms with Crippen LogP contribution in [0.5, 0.6) is 5.75 Å². The number of sulfone groups is 1. The number of methoxy groups -OCH3 is 1. The van der Waals surface area contributed by atoms with E-state index in [1.54, 1.807) is 12.1 Å². The van der Waals surface area contributed by atoms with Gasteiger partial charge in [-0.05, 0) is 19.4 Å². The van der Waals surface area contributed by atoms with Crippen molar-refractivity contribution in [3.05, 3.63) is 29.6 Å². The van der Waals surface area contributed by atoms with E-state index in [9.17, 15) is 12.8 Å². The van der Waals surface area contributed by atoms with Gasteiger partial charge in [0.2, 0.25) is 0 Å². The first-order chi connectivity index (χ1) is 8.84. The van der Waals surface area contributed by atoms with Gasteiger partial charge >= 0.3 is 0 Å². The number of hydrogen-bond donors (Lipinski definition) is 1. The van der Waals surface area contributed by atoms with Crippen molar-refractivity contribution in [1.82, 2.24) is 5.32 Å². The van der Waals surface area contributed by atoms with Crippen LogP contribution in [0.3, 0.4) is 0 Å². The van der Waals surface area contributed by atoms with Gasteiger partial charge in [0, 0.05) is 23.7 Å². The summed E-state index contributed by atoms with van der Waals surface area (Å²) in [5, 5.41) is 3.15. The summed E-state index contributed by atoms with van der Waals surface area (Å²) in [5.41, 5.74) is 0.0388. The molecule has 0 aliphatic carbocycles. The summed E-state index contributed by atoms with van der Waals surface area (Å²) in [6, 6.07) is 4.66. The van der Waals surface area contributed by atoms with Crippen LogP contribution in [0, 0.1) is 5.82 Å². The molecule has 1 aromatic rings. The van der Waals surface area contributed by atoms with Crippen molar-refractivity contribution in [2.45, 2.75) is 25.4 Å². The largest absolute Gasteiger partial charge is 0.497 e. The van der Waals surface area contributed by atoms with Crippen molar-refractivity contribution in [2.75, 3.05) is 18.6 Å². The number of nitrogens with one attached hydrogen (secondary N) is 1. The topological polar surface area (TPSA) is 55.4 Å². The lowest BCUT2D eigenvalue weighted by Crippen LogP contribution is -2.43. The van der Waals surface area contributed by atoms with Crippen molar-refractivity contribution in [1.29, 1.82) is 0 Å². The molecule has 0 amide bonds. The zero-order valence-electron chi connectivity index (χ0n) is 11.1. The van der Waals surface area contributed by atoms with Crippen molar-refractivity contribution in [2.24, 2.45) is 0 Å². The van der Waals surface area contributed by atoms with E-state index < -0.39 is 15.4 Å². The second kappa shape index (κ2) is 5.09. The van der Waals surface area contributed by atoms with Gasteiger partial charge in [0.25, 0.3) is 0 Å². The van der Waals surface area contributed by atoms with Crippen LogP contribution in [0.4, 0.5) is 4.39 Å². The predicted octanol–water partition coefficient (Wildman–Crippen LogP) is 1.50. The Bertz CT molecular complexity index is 573. The molecule has 0 saturated carbocycles. The third kappa shape index (κ3) is 3.45. The Hall–Kier alpha value is -1.14. The average Bonchev–Trinajstić information content (AvgIpc) is 2.62. The molecule has 1 fully saturated rings. The molecule has 0 spiro atoms. The Balaban J connectivity index is 2.03. The number of hydrogen-bond acceptors (Lipinski definition) is 4. The molecule has 0 bridgehead atoms. The number of benzene rings is 1. The Labute approximate surface area is 112 Å². The van der Waals surface area contributed by atoms with Crippen LogP contribution in [0.15, 0.2) is 18.2 Å². The molecule has 2 rings (SSSR count). The van der Waals surface area contributed by atoms with Gasteiger partial charge in [-0.3, -0.25) is 0 Å². The molecule has 1 saturated heterocycles. The van der Waals surface area contributed by atoms with Gasteiger partial charge in [-0.1, -0.05) is 6.07 Å². The minimum atomic E-state index is -2.96. The summed E-state index contributed by atoms with van der Waals surface area (Å²) in [7, 11) is -1.47. The highest BCUT2D eigenvalue weighted by Gasteiger charge is 2.37. The smallest absolute Gasteiger partial charge is 0.152 e. The summed E-state index contributed by atoms with van der Waals surface area (Å²) in [4.78, 5) is 0. The van der Waals surface area contributed by atoms with Gasteiger partial charge in [0.05, 0.1) is 18.6 Å². The Morgan fingerprint density at radius 3 is 2.74 bits per heavy atom. The lowest BCUT2D eigenvalue weighted by Gasteiger charge is -2.24. The first kappa shape index (κ1) is 14.3. The molecule has 19 heavy (non-hydrogen) atoms. The molecule has 1 unspecified atom stereocenters. The van der Waals surface area contributed by atoms with Crippen molar-refractivity contribution < 1.29 is 17.5 Å². The number of ether oxygens (including phenoxy) is 1. The van der Waals surface area contributed by atoms with E-state index in [1.165, 1.54) is 13.2 Å². The molecule has 1 aromatic carbocycles. The normalized spacial score (nSPS) is 25.4. The molecule has 1 aliphatic rings. The second-order valence-corrected chi connectivity index (χ2v) is 7.40. The highest BCUT2D eigenvalue weighted by molar-refractivity contribution is 7.91. The van der Waals surface area contributed by atoms with Crippen LogP contribution in [0.25, 0.3) is 0 Å². The maximum atomic E-state index is 13.7. The average molecular weight is 287 g/mol. The van der Waals surface area contributed by atoms with Crippen molar-refractivity contribution in [3.8, 4) is 5.75 Å². The fraction of sp³-hybridized carbons (Fsp3) is 0.538. The fourth-order valence-corrected chi connectivity index (χ4v) is 4.38. The molecule has 1 N–H and O–H groups in total. The van der Waals surface area contributed by atoms with E-state index in [-0.39, 0.29) is 17.3 Å². The quantitative estimate of drug-likeness (QED) is 0.912. The van der Waals surface area contributed by atoms with E-state index in [1.807, 2.05) is 6.92 Å². The second-order valence-electron chi connectivity index (χ2n) is 5.21. The van der Waals surface area contributed by atoms with Gasteiger partial charge in [0.1, 0.15) is 11.6 Å². The first-order valence-electron chi connectivity index (χ1n) is 6.11. The number of rotatable bonds is 4. The molecule has 1 aliphatic heterocycles. The molecule has 6 heteroatoms. The van der Waals surface area contributed by atoms with E-state index in [0.29, 0.717) is 24.3 Å². The Morgan fingerprint density at radius 2 is 2.21 bits per heavy atom. The maximum Gasteiger partial charge on any atom is 0.152 e. The van der Waals surface area contributed by atoms with E-state index in [2.05, 4.69) is 5.32 Å². The van der Waals surface area contributed by atoms with Crippen molar-refractivity contribution >= 4 is 9.84 Å². The summed E-state index contributed by atoms with van der Waals surface area (Å²) in [6.07, 6.45) is 0.563. The minimum absolute atomic E-state index is 0.109. The standard InChI is InChI=1S/C13H18FNO3S/c1-13(5-6-19(16,17)9-13)15-8-10-3-4-11(18-2)7-12(10)14/h3-4,7,15H,5-6,8-9H2,1-2H3. The zero-order chi connectivity index (χ0) is 14.1. The molecule has 1 atom stereocenters. The van der Waals surface area contributed by atoms with E-state index in [4.69, 9.17) is 4.74 Å². The van der Waals surface area contributed by atoms with Crippen LogP contribution in [-0.4, -0.2) is 32.6 Å². The zero-order valence-corrected chi connectivity index (χ0v) is 11.9. The highest BCUT2D eigenvalue weighted by Crippen LogP contribution is 2.24. The van der Waals surface area contributed by atoms with Crippen LogP contribution in [0.1, 0.15) is 18.9 Å². The van der Waals surface area contributed by atoms with E-state index in [0.717, 1.165) is 0 Å². The summed E-state index contributed by atoms with van der Waals surface area (Å²) in [6.45, 7) is 2.17. The minimum Gasteiger partial charge on any atom is -0.497 e. The SMILES string of the molecule is COc1ccc(CNC2(C)CCS(=O)(=O)C2)c(F)c1. The summed E-state index contributed by atoms with van der Waals surface area (Å²) >= 11 is 0. The van der Waals surface area contributed by atoms with Crippen LogP contribution in [0.2, 0.25) is 0 Å². The molecular formula is C13H18FNO3S. The van der Waals surface area contributed by atoms with Crippen LogP contribution >= 0.6 is 0 Å². The lowest BCUT2D eigenvalue weighted by atomic mass is 10.0. The molecule has 0 aromatic heterocycles. The maximum absolute atomic E-state index is 13.7.